The van der Waals surface area contributed by atoms with Crippen LogP contribution in [0.25, 0.3) is 0 Å². The number of nitrogens with one attached hydrogen (secondary N) is 1. The van der Waals surface area contributed by atoms with Gasteiger partial charge in [0.05, 0.1) is 13.2 Å². The van der Waals surface area contributed by atoms with Crippen molar-refractivity contribution in [3.63, 3.8) is 0 Å². The van der Waals surface area contributed by atoms with Crippen LogP contribution in [0, 0.1) is 17.3 Å². The standard InChI is InChI=1S/C26H40N2O2/c1-20-14-21-16-25(4,18-26(15-20,17-21)22-8-6-5-7-9-22)23(29)27-19-24(2,3)28-10-12-30-13-11-28/h5-9,20-21H,10-19H2,1-4H3,(H,27,29). The Labute approximate surface area is 182 Å². The first kappa shape index (κ1) is 21.8. The smallest absolute Gasteiger partial charge is 0.226 e. The highest BCUT2D eigenvalue weighted by Crippen LogP contribution is 2.58. The van der Waals surface area contributed by atoms with Crippen molar-refractivity contribution in [2.75, 3.05) is 32.8 Å². The Balaban J connectivity index is 1.49. The van der Waals surface area contributed by atoms with Crippen molar-refractivity contribution in [2.24, 2.45) is 17.3 Å². The summed E-state index contributed by atoms with van der Waals surface area (Å²) in [4.78, 5) is 16.0. The van der Waals surface area contributed by atoms with Gasteiger partial charge in [-0.05, 0) is 68.8 Å². The van der Waals surface area contributed by atoms with Crippen molar-refractivity contribution in [3.05, 3.63) is 35.9 Å². The fraction of sp³-hybridized carbons (Fsp3) is 0.731. The number of nitrogens with zero attached hydrogens (tertiary/aromatic N) is 1. The first-order valence-electron chi connectivity index (χ1n) is 11.9. The largest absolute Gasteiger partial charge is 0.379 e. The van der Waals surface area contributed by atoms with Crippen LogP contribution in [0.3, 0.4) is 0 Å². The first-order chi connectivity index (χ1) is 14.2. The summed E-state index contributed by atoms with van der Waals surface area (Å²) in [6, 6.07) is 11.0. The number of amides is 1. The van der Waals surface area contributed by atoms with E-state index >= 15 is 0 Å². The van der Waals surface area contributed by atoms with Gasteiger partial charge in [0, 0.05) is 30.6 Å². The van der Waals surface area contributed by atoms with Crippen LogP contribution in [0.4, 0.5) is 0 Å². The van der Waals surface area contributed by atoms with Gasteiger partial charge < -0.3 is 10.1 Å². The number of fused-ring (bicyclic) bond motifs is 2. The van der Waals surface area contributed by atoms with Gasteiger partial charge in [-0.3, -0.25) is 9.69 Å². The van der Waals surface area contributed by atoms with Crippen molar-refractivity contribution >= 4 is 5.91 Å². The lowest BCUT2D eigenvalue weighted by atomic mass is 9.50. The molecular weight excluding hydrogens is 372 g/mol. The number of morpholine rings is 1. The van der Waals surface area contributed by atoms with Gasteiger partial charge in [-0.2, -0.15) is 0 Å². The quantitative estimate of drug-likeness (QED) is 0.780. The number of carbonyl (C=O) groups is 1. The van der Waals surface area contributed by atoms with Crippen LogP contribution in [0.2, 0.25) is 0 Å². The molecule has 1 saturated heterocycles. The van der Waals surface area contributed by atoms with E-state index in [1.54, 1.807) is 0 Å². The average Bonchev–Trinajstić information content (AvgIpc) is 2.72. The van der Waals surface area contributed by atoms with E-state index in [-0.39, 0.29) is 22.3 Å². The highest BCUT2D eigenvalue weighted by Gasteiger charge is 2.53. The third-order valence-electron chi connectivity index (χ3n) is 8.11. The molecule has 4 atom stereocenters. The third-order valence-corrected chi connectivity index (χ3v) is 8.11. The molecule has 0 radical (unpaired) electrons. The summed E-state index contributed by atoms with van der Waals surface area (Å²) in [5, 5.41) is 3.38. The van der Waals surface area contributed by atoms with E-state index in [9.17, 15) is 4.79 Å². The van der Waals surface area contributed by atoms with Crippen molar-refractivity contribution in [1.82, 2.24) is 10.2 Å². The fourth-order valence-corrected chi connectivity index (χ4v) is 6.89. The maximum absolute atomic E-state index is 13.6. The van der Waals surface area contributed by atoms with Crippen molar-refractivity contribution in [2.45, 2.75) is 70.8 Å². The summed E-state index contributed by atoms with van der Waals surface area (Å²) in [5.74, 6) is 1.63. The van der Waals surface area contributed by atoms with Crippen molar-refractivity contribution in [3.8, 4) is 0 Å². The highest BCUT2D eigenvalue weighted by atomic mass is 16.5. The number of rotatable bonds is 5. The lowest BCUT2D eigenvalue weighted by Crippen LogP contribution is -2.58. The molecule has 1 aromatic rings. The Morgan fingerprint density at radius 3 is 2.57 bits per heavy atom. The van der Waals surface area contributed by atoms with E-state index in [4.69, 9.17) is 4.74 Å². The molecule has 4 heteroatoms. The van der Waals surface area contributed by atoms with Gasteiger partial charge in [0.1, 0.15) is 0 Å². The van der Waals surface area contributed by atoms with E-state index in [1.165, 1.54) is 24.8 Å². The lowest BCUT2D eigenvalue weighted by molar-refractivity contribution is -0.137. The number of benzene rings is 1. The summed E-state index contributed by atoms with van der Waals surface area (Å²) >= 11 is 0. The monoisotopic (exact) mass is 412 g/mol. The Kier molecular flexibility index (Phi) is 6.02. The normalized spacial score (nSPS) is 35.1. The summed E-state index contributed by atoms with van der Waals surface area (Å²) in [6.45, 7) is 13.3. The minimum Gasteiger partial charge on any atom is -0.379 e. The molecule has 0 spiro atoms. The topological polar surface area (TPSA) is 41.6 Å². The van der Waals surface area contributed by atoms with Crippen molar-refractivity contribution < 1.29 is 9.53 Å². The number of hydrogen-bond acceptors (Lipinski definition) is 3. The van der Waals surface area contributed by atoms with E-state index in [0.717, 1.165) is 45.1 Å². The second kappa shape index (κ2) is 8.27. The lowest BCUT2D eigenvalue weighted by Gasteiger charge is -2.54. The molecule has 1 aromatic carbocycles. The van der Waals surface area contributed by atoms with Gasteiger partial charge in [-0.25, -0.2) is 0 Å². The molecule has 30 heavy (non-hydrogen) atoms. The minimum atomic E-state index is -0.292. The predicted octanol–water partition coefficient (Wildman–Crippen LogP) is 4.39. The van der Waals surface area contributed by atoms with E-state index in [1.807, 2.05) is 0 Å². The summed E-state index contributed by atoms with van der Waals surface area (Å²) in [5.41, 5.74) is 1.24. The number of hydrogen-bond donors (Lipinski definition) is 1. The Morgan fingerprint density at radius 2 is 1.87 bits per heavy atom. The van der Waals surface area contributed by atoms with E-state index in [2.05, 4.69) is 68.2 Å². The second-order valence-corrected chi connectivity index (χ2v) is 11.3. The van der Waals surface area contributed by atoms with Crippen LogP contribution in [0.15, 0.2) is 30.3 Å². The molecule has 4 nitrogen and oxygen atoms in total. The van der Waals surface area contributed by atoms with Gasteiger partial charge in [-0.15, -0.1) is 0 Å². The average molecular weight is 413 g/mol. The van der Waals surface area contributed by atoms with Gasteiger partial charge >= 0.3 is 0 Å². The van der Waals surface area contributed by atoms with Crippen LogP contribution >= 0.6 is 0 Å². The zero-order chi connectivity index (χ0) is 21.4. The van der Waals surface area contributed by atoms with Gasteiger partial charge in [0.15, 0.2) is 0 Å². The molecule has 1 heterocycles. The molecule has 166 valence electrons. The maximum Gasteiger partial charge on any atom is 0.226 e. The molecule has 3 aliphatic rings. The highest BCUT2D eigenvalue weighted by molar-refractivity contribution is 5.82. The molecule has 4 unspecified atom stereocenters. The first-order valence-corrected chi connectivity index (χ1v) is 11.9. The van der Waals surface area contributed by atoms with Crippen molar-refractivity contribution in [1.29, 1.82) is 0 Å². The summed E-state index contributed by atoms with van der Waals surface area (Å²) in [6.07, 6.45) is 5.69. The number of carbonyl (C=O) groups excluding carboxylic acids is 1. The molecule has 1 N–H and O–H groups in total. The Hall–Kier alpha value is -1.39. The zero-order valence-electron chi connectivity index (χ0n) is 19.4. The molecular formula is C26H40N2O2. The fourth-order valence-electron chi connectivity index (χ4n) is 6.89. The maximum atomic E-state index is 13.6. The van der Waals surface area contributed by atoms with E-state index < -0.39 is 0 Å². The third kappa shape index (κ3) is 4.31. The Bertz CT molecular complexity index is 739. The zero-order valence-corrected chi connectivity index (χ0v) is 19.4. The van der Waals surface area contributed by atoms with Crippen LogP contribution in [0.1, 0.15) is 65.4 Å². The second-order valence-electron chi connectivity index (χ2n) is 11.3. The number of ether oxygens (including phenoxy) is 1. The van der Waals surface area contributed by atoms with Gasteiger partial charge in [0.25, 0.3) is 0 Å². The van der Waals surface area contributed by atoms with Crippen LogP contribution < -0.4 is 5.32 Å². The summed E-state index contributed by atoms with van der Waals surface area (Å²) in [7, 11) is 0. The van der Waals surface area contributed by atoms with Gasteiger partial charge in [0.2, 0.25) is 5.91 Å². The molecule has 4 rings (SSSR count). The molecule has 0 aromatic heterocycles. The predicted molar refractivity (Wildman–Crippen MR) is 121 cm³/mol. The minimum absolute atomic E-state index is 0.0496. The van der Waals surface area contributed by atoms with Gasteiger partial charge in [-0.1, -0.05) is 44.2 Å². The molecule has 1 amide bonds. The van der Waals surface area contributed by atoms with Crippen LogP contribution in [-0.2, 0) is 14.9 Å². The Morgan fingerprint density at radius 1 is 1.17 bits per heavy atom. The molecule has 2 bridgehead atoms. The molecule has 2 saturated carbocycles. The van der Waals surface area contributed by atoms with E-state index in [0.29, 0.717) is 12.5 Å². The summed E-state index contributed by atoms with van der Waals surface area (Å²) < 4.78 is 5.51. The SMILES string of the molecule is CC1CC2CC(C)(C(=O)NCC(C)(C)N3CCOCC3)CC(c3ccccc3)(C1)C2. The molecule has 1 aliphatic heterocycles. The molecule has 2 aliphatic carbocycles. The van der Waals surface area contributed by atoms with Crippen LogP contribution in [-0.4, -0.2) is 49.2 Å². The molecule has 3 fully saturated rings. The van der Waals surface area contributed by atoms with Crippen LogP contribution in [0.5, 0.6) is 0 Å².